The van der Waals surface area contributed by atoms with Gasteiger partial charge in [-0.2, -0.15) is 0 Å². The molecule has 6 heteroatoms. The van der Waals surface area contributed by atoms with Gasteiger partial charge in [-0.3, -0.25) is 9.59 Å². The van der Waals surface area contributed by atoms with Gasteiger partial charge in [-0.1, -0.05) is 0 Å². The average Bonchev–Trinajstić information content (AvgIpc) is 3.06. The number of hydrogen-bond acceptors (Lipinski definition) is 5. The minimum absolute atomic E-state index is 0.0155. The van der Waals surface area contributed by atoms with E-state index in [9.17, 15) is 9.59 Å². The number of benzene rings is 1. The van der Waals surface area contributed by atoms with Gasteiger partial charge in [0, 0.05) is 38.6 Å². The third kappa shape index (κ3) is 2.31. The van der Waals surface area contributed by atoms with Crippen LogP contribution in [0.5, 0.6) is 11.5 Å². The predicted octanol–water partition coefficient (Wildman–Crippen LogP) is 2.04. The number of nitrogens with zero attached hydrogens (tertiary/aromatic N) is 2. The minimum atomic E-state index is -0.0550. The van der Waals surface area contributed by atoms with Crippen molar-refractivity contribution in [3.05, 3.63) is 34.7 Å². The maximum atomic E-state index is 12.8. The summed E-state index contributed by atoms with van der Waals surface area (Å²) >= 11 is 0. The molecule has 0 aromatic heterocycles. The number of hydrogen-bond donors (Lipinski definition) is 0. The lowest BCUT2D eigenvalue weighted by Gasteiger charge is -2.43. The molecule has 1 aromatic carbocycles. The van der Waals surface area contributed by atoms with Crippen LogP contribution in [-0.4, -0.2) is 48.8 Å². The van der Waals surface area contributed by atoms with Crippen molar-refractivity contribution in [2.45, 2.75) is 32.2 Å². The Morgan fingerprint density at radius 2 is 1.84 bits per heavy atom. The molecule has 0 radical (unpaired) electrons. The summed E-state index contributed by atoms with van der Waals surface area (Å²) in [6.45, 7) is 2.98. The summed E-state index contributed by atoms with van der Waals surface area (Å²) in [5, 5.41) is 0. The van der Waals surface area contributed by atoms with Gasteiger partial charge in [-0.25, -0.2) is 0 Å². The van der Waals surface area contributed by atoms with Crippen LogP contribution in [0.1, 0.15) is 36.9 Å². The Kier molecular flexibility index (Phi) is 3.71. The SMILES string of the molecule is COc1cc2c(cc1OC)C1CC(=O)C3=C(CCN3C(C)=O)N1CC2. The fourth-order valence-electron chi connectivity index (χ4n) is 4.35. The van der Waals surface area contributed by atoms with Gasteiger partial charge in [0.05, 0.1) is 20.3 Å². The molecule has 0 bridgehead atoms. The normalized spacial score (nSPS) is 21.7. The Bertz CT molecular complexity index is 799. The van der Waals surface area contributed by atoms with Gasteiger partial charge in [0.25, 0.3) is 0 Å². The smallest absolute Gasteiger partial charge is 0.224 e. The second-order valence-corrected chi connectivity index (χ2v) is 6.71. The zero-order valence-corrected chi connectivity index (χ0v) is 14.8. The molecule has 0 fully saturated rings. The van der Waals surface area contributed by atoms with E-state index in [1.54, 1.807) is 19.1 Å². The predicted molar refractivity (Wildman–Crippen MR) is 91.4 cm³/mol. The van der Waals surface area contributed by atoms with Crippen LogP contribution in [0.15, 0.2) is 23.5 Å². The van der Waals surface area contributed by atoms with Crippen LogP contribution in [-0.2, 0) is 16.0 Å². The molecule has 0 saturated carbocycles. The van der Waals surface area contributed by atoms with Gasteiger partial charge < -0.3 is 19.3 Å². The van der Waals surface area contributed by atoms with Crippen LogP contribution in [0.2, 0.25) is 0 Å². The van der Waals surface area contributed by atoms with Crippen molar-refractivity contribution < 1.29 is 19.1 Å². The van der Waals surface area contributed by atoms with Crippen LogP contribution >= 0.6 is 0 Å². The number of carbonyl (C=O) groups excluding carboxylic acids is 2. The molecule has 0 N–H and O–H groups in total. The molecular formula is C19H22N2O4. The monoisotopic (exact) mass is 342 g/mol. The number of ether oxygens (including phenoxy) is 2. The second-order valence-electron chi connectivity index (χ2n) is 6.71. The third-order valence-electron chi connectivity index (χ3n) is 5.49. The summed E-state index contributed by atoms with van der Waals surface area (Å²) in [5.41, 5.74) is 3.98. The van der Waals surface area contributed by atoms with E-state index < -0.39 is 0 Å². The van der Waals surface area contributed by atoms with E-state index >= 15 is 0 Å². The highest BCUT2D eigenvalue weighted by Crippen LogP contribution is 2.46. The second kappa shape index (κ2) is 5.79. The summed E-state index contributed by atoms with van der Waals surface area (Å²) in [4.78, 5) is 28.6. The lowest BCUT2D eigenvalue weighted by molar-refractivity contribution is -0.130. The first-order valence-electron chi connectivity index (χ1n) is 8.61. The number of ketones is 1. The van der Waals surface area contributed by atoms with Crippen molar-refractivity contribution in [2.24, 2.45) is 0 Å². The van der Waals surface area contributed by atoms with E-state index in [2.05, 4.69) is 4.90 Å². The number of Topliss-reactive ketones (excluding diaryl/α,β-unsaturated/α-hetero) is 1. The molecule has 3 heterocycles. The number of methoxy groups -OCH3 is 2. The van der Waals surface area contributed by atoms with Gasteiger partial charge in [0.1, 0.15) is 5.70 Å². The fraction of sp³-hybridized carbons (Fsp3) is 0.474. The minimum Gasteiger partial charge on any atom is -0.493 e. The fourth-order valence-corrected chi connectivity index (χ4v) is 4.35. The molecule has 132 valence electrons. The molecule has 1 aromatic rings. The zero-order valence-electron chi connectivity index (χ0n) is 14.8. The first kappa shape index (κ1) is 16.0. The molecule has 3 aliphatic rings. The molecule has 0 saturated heterocycles. The zero-order chi connectivity index (χ0) is 17.7. The molecular weight excluding hydrogens is 320 g/mol. The molecule has 0 aliphatic carbocycles. The highest BCUT2D eigenvalue weighted by molar-refractivity contribution is 6.01. The van der Waals surface area contributed by atoms with E-state index in [0.717, 1.165) is 36.4 Å². The standard InChI is InChI=1S/C19H22N2O4/c1-11(22)20-7-5-14-19(20)16(23)10-15-13-9-18(25-3)17(24-2)8-12(13)4-6-21(14)15/h8-9,15H,4-7,10H2,1-3H3. The number of carbonyl (C=O) groups is 2. The summed E-state index contributed by atoms with van der Waals surface area (Å²) < 4.78 is 10.9. The van der Waals surface area contributed by atoms with Crippen molar-refractivity contribution in [1.82, 2.24) is 9.80 Å². The molecule has 3 aliphatic heterocycles. The highest BCUT2D eigenvalue weighted by Gasteiger charge is 2.43. The van der Waals surface area contributed by atoms with Gasteiger partial charge in [-0.05, 0) is 29.7 Å². The molecule has 4 rings (SSSR count). The van der Waals surface area contributed by atoms with E-state index in [0.29, 0.717) is 24.4 Å². The maximum Gasteiger partial charge on any atom is 0.224 e. The number of fused-ring (bicyclic) bond motifs is 4. The first-order valence-corrected chi connectivity index (χ1v) is 8.61. The lowest BCUT2D eigenvalue weighted by atomic mass is 9.85. The van der Waals surface area contributed by atoms with Crippen molar-refractivity contribution in [1.29, 1.82) is 0 Å². The summed E-state index contributed by atoms with van der Waals surface area (Å²) in [5.74, 6) is 1.42. The van der Waals surface area contributed by atoms with Crippen LogP contribution in [0.25, 0.3) is 0 Å². The number of rotatable bonds is 2. The molecule has 6 nitrogen and oxygen atoms in total. The largest absolute Gasteiger partial charge is 0.493 e. The molecule has 1 atom stereocenters. The molecule has 1 unspecified atom stereocenters. The summed E-state index contributed by atoms with van der Waals surface area (Å²) in [6.07, 6.45) is 2.03. The Morgan fingerprint density at radius 3 is 2.52 bits per heavy atom. The Balaban J connectivity index is 1.78. The maximum absolute atomic E-state index is 12.8. The van der Waals surface area contributed by atoms with Crippen molar-refractivity contribution >= 4 is 11.7 Å². The number of amides is 1. The summed E-state index contributed by atoms with van der Waals surface area (Å²) in [7, 11) is 3.26. The molecule has 1 amide bonds. The molecule has 25 heavy (non-hydrogen) atoms. The van der Waals surface area contributed by atoms with Crippen LogP contribution < -0.4 is 9.47 Å². The average molecular weight is 342 g/mol. The molecule has 0 spiro atoms. The van der Waals surface area contributed by atoms with Crippen molar-refractivity contribution in [3.63, 3.8) is 0 Å². The van der Waals surface area contributed by atoms with Crippen molar-refractivity contribution in [2.75, 3.05) is 27.3 Å². The van der Waals surface area contributed by atoms with Gasteiger partial charge in [0.2, 0.25) is 5.91 Å². The Morgan fingerprint density at radius 1 is 1.12 bits per heavy atom. The number of allylic oxidation sites excluding steroid dienone is 1. The Hall–Kier alpha value is -2.50. The van der Waals surface area contributed by atoms with Crippen LogP contribution in [0.3, 0.4) is 0 Å². The Labute approximate surface area is 147 Å². The topological polar surface area (TPSA) is 59.1 Å². The van der Waals surface area contributed by atoms with Crippen molar-refractivity contribution in [3.8, 4) is 11.5 Å². The first-order chi connectivity index (χ1) is 12.0. The quantitative estimate of drug-likeness (QED) is 0.823. The van der Waals surface area contributed by atoms with Gasteiger partial charge in [0.15, 0.2) is 17.3 Å². The van der Waals surface area contributed by atoms with E-state index in [1.807, 2.05) is 12.1 Å². The van der Waals surface area contributed by atoms with Gasteiger partial charge in [-0.15, -0.1) is 0 Å². The highest BCUT2D eigenvalue weighted by atomic mass is 16.5. The van der Waals surface area contributed by atoms with E-state index in [-0.39, 0.29) is 17.7 Å². The van der Waals surface area contributed by atoms with E-state index in [1.165, 1.54) is 12.5 Å². The van der Waals surface area contributed by atoms with E-state index in [4.69, 9.17) is 9.47 Å². The third-order valence-corrected chi connectivity index (χ3v) is 5.49. The van der Waals surface area contributed by atoms with Crippen LogP contribution in [0.4, 0.5) is 0 Å². The summed E-state index contributed by atoms with van der Waals surface area (Å²) in [6, 6.07) is 4.04. The lowest BCUT2D eigenvalue weighted by Crippen LogP contribution is -2.41. The van der Waals surface area contributed by atoms with Gasteiger partial charge >= 0.3 is 0 Å². The van der Waals surface area contributed by atoms with Crippen LogP contribution in [0, 0.1) is 0 Å².